The molecular weight excluding hydrogens is 102 g/mol. The third kappa shape index (κ3) is 0.858. The molecule has 2 heteroatoms. The van der Waals surface area contributed by atoms with Crippen molar-refractivity contribution < 1.29 is 9.64 Å². The summed E-state index contributed by atoms with van der Waals surface area (Å²) in [7, 11) is 5.58. The molecule has 0 aromatic heterocycles. The first-order chi connectivity index (χ1) is 3.66. The van der Waals surface area contributed by atoms with E-state index in [4.69, 9.17) is 4.74 Å². The van der Waals surface area contributed by atoms with Crippen LogP contribution in [0.1, 0.15) is 6.92 Å². The lowest BCUT2D eigenvalue weighted by molar-refractivity contribution is -0.917. The minimum atomic E-state index is 0.136. The molecule has 0 aliphatic carbocycles. The van der Waals surface area contributed by atoms with Gasteiger partial charge in [-0.2, -0.15) is 7.05 Å². The maximum absolute atomic E-state index is 5.18. The van der Waals surface area contributed by atoms with Crippen molar-refractivity contribution in [3.8, 4) is 0 Å². The molecule has 0 aromatic rings. The van der Waals surface area contributed by atoms with Crippen molar-refractivity contribution in [3.63, 3.8) is 0 Å². The number of methoxy groups -OCH3 is 1. The molecule has 1 saturated heterocycles. The third-order valence-corrected chi connectivity index (χ3v) is 1.74. The van der Waals surface area contributed by atoms with Crippen LogP contribution in [0.3, 0.4) is 0 Å². The Kier molecular flexibility index (Phi) is 1.29. The first-order valence-corrected chi connectivity index (χ1v) is 2.88. The number of nitrogens with one attached hydrogen (secondary N) is 1. The molecule has 48 valence electrons. The Labute approximate surface area is 50.4 Å². The molecule has 0 saturated carbocycles. The summed E-state index contributed by atoms with van der Waals surface area (Å²) < 4.78 is 5.18. The topological polar surface area (TPSA) is 13.7 Å². The summed E-state index contributed by atoms with van der Waals surface area (Å²) >= 11 is 0. The number of quaternary nitrogens is 1. The zero-order chi connectivity index (χ0) is 6.20. The third-order valence-electron chi connectivity index (χ3n) is 1.74. The fraction of sp³-hybridized carbons (Fsp3) is 0.833. The highest BCUT2D eigenvalue weighted by molar-refractivity contribution is 4.78. The molecule has 0 spiro atoms. The van der Waals surface area contributed by atoms with Gasteiger partial charge in [0.05, 0.1) is 13.1 Å². The quantitative estimate of drug-likeness (QED) is 0.436. The molecule has 0 amide bonds. The van der Waals surface area contributed by atoms with Crippen LogP contribution < -0.4 is 4.90 Å². The summed E-state index contributed by atoms with van der Waals surface area (Å²) in [6.45, 7) is 4.20. The maximum Gasteiger partial charge on any atom is 0.157 e. The van der Waals surface area contributed by atoms with E-state index in [-0.39, 0.29) is 5.60 Å². The molecular formula is C6H13NO. The Bertz CT molecular complexity index is 86.5. The standard InChI is InChI=1S/C6H13NO/c1-6(8-3)4-7(2)5-6/h7H,2,4-5H2,1,3H3. The van der Waals surface area contributed by atoms with E-state index in [1.54, 1.807) is 7.11 Å². The van der Waals surface area contributed by atoms with Gasteiger partial charge in [-0.15, -0.1) is 0 Å². The fourth-order valence-corrected chi connectivity index (χ4v) is 1.15. The van der Waals surface area contributed by atoms with Gasteiger partial charge in [0, 0.05) is 7.11 Å². The molecule has 1 heterocycles. The second-order valence-corrected chi connectivity index (χ2v) is 2.76. The molecule has 0 radical (unpaired) electrons. The van der Waals surface area contributed by atoms with Gasteiger partial charge in [-0.25, -0.2) is 0 Å². The van der Waals surface area contributed by atoms with E-state index in [0.29, 0.717) is 0 Å². The van der Waals surface area contributed by atoms with Gasteiger partial charge in [-0.05, 0) is 6.92 Å². The number of rotatable bonds is 1. The molecule has 1 N–H and O–H groups in total. The average molecular weight is 115 g/mol. The predicted molar refractivity (Wildman–Crippen MR) is 31.5 cm³/mol. The van der Waals surface area contributed by atoms with Gasteiger partial charge in [0.25, 0.3) is 0 Å². The Morgan fingerprint density at radius 2 is 2.12 bits per heavy atom. The number of hydrogen-bond acceptors (Lipinski definition) is 1. The summed E-state index contributed by atoms with van der Waals surface area (Å²) in [6.07, 6.45) is 0. The lowest BCUT2D eigenvalue weighted by Gasteiger charge is -2.45. The van der Waals surface area contributed by atoms with Crippen molar-refractivity contribution in [2.45, 2.75) is 12.5 Å². The number of likely N-dealkylation sites (tertiary alicyclic amines) is 1. The summed E-state index contributed by atoms with van der Waals surface area (Å²) in [5, 5.41) is 0. The fourth-order valence-electron chi connectivity index (χ4n) is 1.15. The second kappa shape index (κ2) is 1.71. The summed E-state index contributed by atoms with van der Waals surface area (Å²) in [5.41, 5.74) is 0.136. The molecule has 0 atom stereocenters. The van der Waals surface area contributed by atoms with E-state index >= 15 is 0 Å². The largest absolute Gasteiger partial charge is 0.463 e. The number of hydrogen-bond donors (Lipinski definition) is 1. The summed E-state index contributed by atoms with van der Waals surface area (Å²) in [5.74, 6) is 0. The lowest BCUT2D eigenvalue weighted by atomic mass is 9.98. The van der Waals surface area contributed by atoms with Gasteiger partial charge in [0.1, 0.15) is 0 Å². The summed E-state index contributed by atoms with van der Waals surface area (Å²) in [6, 6.07) is 0. The second-order valence-electron chi connectivity index (χ2n) is 2.76. The van der Waals surface area contributed by atoms with Gasteiger partial charge < -0.3 is 9.64 Å². The molecule has 0 aromatic carbocycles. The molecule has 1 rings (SSSR count). The van der Waals surface area contributed by atoms with E-state index in [0.717, 1.165) is 13.1 Å². The molecule has 0 unspecified atom stereocenters. The zero-order valence-corrected chi connectivity index (χ0v) is 5.53. The lowest BCUT2D eigenvalue weighted by Crippen LogP contribution is -3.19. The zero-order valence-electron chi connectivity index (χ0n) is 5.53. The normalized spacial score (nSPS) is 46.1. The monoisotopic (exact) mass is 115 g/mol. The Hall–Kier alpha value is -0.0800. The molecule has 2 nitrogen and oxygen atoms in total. The van der Waals surface area contributed by atoms with Gasteiger partial charge in [-0.1, -0.05) is 0 Å². The van der Waals surface area contributed by atoms with Gasteiger partial charge >= 0.3 is 0 Å². The van der Waals surface area contributed by atoms with E-state index in [1.807, 2.05) is 0 Å². The average Bonchev–Trinajstić information content (AvgIpc) is 1.63. The smallest absolute Gasteiger partial charge is 0.157 e. The SMILES string of the molecule is [CH2-][NH+]1CC(C)(OC)C1. The van der Waals surface area contributed by atoms with E-state index < -0.39 is 0 Å². The molecule has 1 aliphatic heterocycles. The van der Waals surface area contributed by atoms with Crippen LogP contribution in [0.15, 0.2) is 0 Å². The van der Waals surface area contributed by atoms with Crippen LogP contribution in [0.5, 0.6) is 0 Å². The molecule has 1 aliphatic rings. The first kappa shape index (κ1) is 6.05. The van der Waals surface area contributed by atoms with Crippen LogP contribution in [0, 0.1) is 7.05 Å². The van der Waals surface area contributed by atoms with Gasteiger partial charge in [0.15, 0.2) is 5.60 Å². The van der Waals surface area contributed by atoms with Crippen molar-refractivity contribution in [2.24, 2.45) is 0 Å². The van der Waals surface area contributed by atoms with Crippen molar-refractivity contribution in [1.82, 2.24) is 0 Å². The van der Waals surface area contributed by atoms with Crippen molar-refractivity contribution >= 4 is 0 Å². The Balaban J connectivity index is 2.30. The minimum Gasteiger partial charge on any atom is -0.463 e. The van der Waals surface area contributed by atoms with E-state index in [1.165, 1.54) is 4.90 Å². The van der Waals surface area contributed by atoms with Crippen LogP contribution >= 0.6 is 0 Å². The minimum absolute atomic E-state index is 0.136. The van der Waals surface area contributed by atoms with Gasteiger partial charge in [-0.3, -0.25) is 0 Å². The van der Waals surface area contributed by atoms with Crippen molar-refractivity contribution in [3.05, 3.63) is 7.05 Å². The van der Waals surface area contributed by atoms with Crippen LogP contribution in [0.25, 0.3) is 0 Å². The molecule has 0 bridgehead atoms. The Morgan fingerprint density at radius 1 is 1.62 bits per heavy atom. The summed E-state index contributed by atoms with van der Waals surface area (Å²) in [4.78, 5) is 1.31. The van der Waals surface area contributed by atoms with Crippen molar-refractivity contribution in [2.75, 3.05) is 20.2 Å². The number of ether oxygens (including phenoxy) is 1. The van der Waals surface area contributed by atoms with E-state index in [9.17, 15) is 0 Å². The molecule has 8 heavy (non-hydrogen) atoms. The Morgan fingerprint density at radius 3 is 2.25 bits per heavy atom. The highest BCUT2D eigenvalue weighted by Gasteiger charge is 2.38. The first-order valence-electron chi connectivity index (χ1n) is 2.88. The highest BCUT2D eigenvalue weighted by Crippen LogP contribution is 2.08. The van der Waals surface area contributed by atoms with Crippen LogP contribution in [-0.4, -0.2) is 25.8 Å². The van der Waals surface area contributed by atoms with Gasteiger partial charge in [0.2, 0.25) is 0 Å². The highest BCUT2D eigenvalue weighted by atomic mass is 16.5. The molecule has 1 fully saturated rings. The maximum atomic E-state index is 5.18. The predicted octanol–water partition coefficient (Wildman–Crippen LogP) is -0.918. The van der Waals surface area contributed by atoms with Crippen molar-refractivity contribution in [1.29, 1.82) is 0 Å². The van der Waals surface area contributed by atoms with Crippen LogP contribution in [0.4, 0.5) is 0 Å². The van der Waals surface area contributed by atoms with Crippen LogP contribution in [-0.2, 0) is 4.74 Å². The van der Waals surface area contributed by atoms with Crippen LogP contribution in [0.2, 0.25) is 0 Å². The van der Waals surface area contributed by atoms with E-state index in [2.05, 4.69) is 14.0 Å².